The Hall–Kier alpha value is -3.07. The molecule has 0 atom stereocenters. The number of piperazine rings is 1. The minimum absolute atomic E-state index is 0.496. The van der Waals surface area contributed by atoms with Crippen LogP contribution in [0.1, 0.15) is 12.8 Å². The predicted molar refractivity (Wildman–Crippen MR) is 143 cm³/mol. The number of benzene rings is 2. The van der Waals surface area contributed by atoms with Gasteiger partial charge >= 0.3 is 0 Å². The maximum atomic E-state index is 6.14. The first-order valence-electron chi connectivity index (χ1n) is 12.3. The largest absolute Gasteiger partial charge is 0.495 e. The number of nitrogens with zero attached hydrogens (tertiary/aromatic N) is 4. The van der Waals surface area contributed by atoms with Gasteiger partial charge in [0.1, 0.15) is 11.5 Å². The van der Waals surface area contributed by atoms with Gasteiger partial charge in [0.15, 0.2) is 0 Å². The summed E-state index contributed by atoms with van der Waals surface area (Å²) in [5.74, 6) is 1.87. The molecule has 0 bridgehead atoms. The number of anilines is 3. The first-order chi connectivity index (χ1) is 17.6. The highest BCUT2D eigenvalue weighted by molar-refractivity contribution is 6.32. The van der Waals surface area contributed by atoms with E-state index in [9.17, 15) is 0 Å². The van der Waals surface area contributed by atoms with Gasteiger partial charge in [-0.05, 0) is 42.7 Å². The van der Waals surface area contributed by atoms with E-state index in [1.54, 1.807) is 32.7 Å². The van der Waals surface area contributed by atoms with Crippen molar-refractivity contribution in [1.82, 2.24) is 14.9 Å². The predicted octanol–water partition coefficient (Wildman–Crippen LogP) is 4.86. The molecule has 0 saturated carbocycles. The van der Waals surface area contributed by atoms with Gasteiger partial charge in [-0.15, -0.1) is 0 Å². The SMILES string of the molecule is COc1cc(-c2cnc(Nc3ccc(N4CCN(C5CCOCC5)CC4)cc3OC)nc2)ccc1Cl. The van der Waals surface area contributed by atoms with Crippen molar-refractivity contribution in [1.29, 1.82) is 0 Å². The van der Waals surface area contributed by atoms with Crippen LogP contribution in [0.3, 0.4) is 0 Å². The van der Waals surface area contributed by atoms with E-state index in [2.05, 4.69) is 37.2 Å². The summed E-state index contributed by atoms with van der Waals surface area (Å²) in [5.41, 5.74) is 3.79. The van der Waals surface area contributed by atoms with E-state index in [4.69, 9.17) is 25.8 Å². The van der Waals surface area contributed by atoms with Gasteiger partial charge in [0.25, 0.3) is 0 Å². The Morgan fingerprint density at radius 3 is 2.31 bits per heavy atom. The monoisotopic (exact) mass is 509 g/mol. The van der Waals surface area contributed by atoms with Crippen molar-refractivity contribution in [3.05, 3.63) is 53.8 Å². The molecule has 3 heterocycles. The van der Waals surface area contributed by atoms with Crippen LogP contribution in [-0.4, -0.2) is 74.5 Å². The van der Waals surface area contributed by atoms with Crippen molar-refractivity contribution >= 4 is 28.9 Å². The summed E-state index contributed by atoms with van der Waals surface area (Å²) in [5, 5.41) is 3.85. The molecule has 1 N–H and O–H groups in total. The van der Waals surface area contributed by atoms with Gasteiger partial charge in [-0.1, -0.05) is 17.7 Å². The van der Waals surface area contributed by atoms with Gasteiger partial charge in [0, 0.05) is 75.1 Å². The zero-order valence-corrected chi connectivity index (χ0v) is 21.5. The fraction of sp³-hybridized carbons (Fsp3) is 0.407. The maximum Gasteiger partial charge on any atom is 0.227 e. The number of hydrogen-bond acceptors (Lipinski definition) is 8. The van der Waals surface area contributed by atoms with Crippen LogP contribution in [0.25, 0.3) is 11.1 Å². The quantitative estimate of drug-likeness (QED) is 0.484. The molecule has 2 aromatic carbocycles. The Kier molecular flexibility index (Phi) is 7.75. The lowest BCUT2D eigenvalue weighted by atomic mass is 10.1. The van der Waals surface area contributed by atoms with Crippen LogP contribution in [-0.2, 0) is 4.74 Å². The second-order valence-corrected chi connectivity index (χ2v) is 9.43. The topological polar surface area (TPSA) is 72.0 Å². The molecule has 0 spiro atoms. The molecular weight excluding hydrogens is 478 g/mol. The molecule has 2 aliphatic heterocycles. The summed E-state index contributed by atoms with van der Waals surface area (Å²) in [6.07, 6.45) is 5.84. The van der Waals surface area contributed by atoms with Crippen LogP contribution < -0.4 is 19.7 Å². The first kappa shape index (κ1) is 24.6. The highest BCUT2D eigenvalue weighted by Gasteiger charge is 2.26. The summed E-state index contributed by atoms with van der Waals surface area (Å²) in [4.78, 5) is 14.0. The van der Waals surface area contributed by atoms with Crippen LogP contribution in [0.5, 0.6) is 11.5 Å². The molecule has 9 heteroatoms. The van der Waals surface area contributed by atoms with Crippen molar-refractivity contribution in [2.45, 2.75) is 18.9 Å². The van der Waals surface area contributed by atoms with E-state index in [0.29, 0.717) is 22.8 Å². The third kappa shape index (κ3) is 5.51. The number of halogens is 1. The lowest BCUT2D eigenvalue weighted by molar-refractivity contribution is 0.0321. The number of rotatable bonds is 7. The van der Waals surface area contributed by atoms with Crippen LogP contribution in [0.4, 0.5) is 17.3 Å². The molecule has 2 fully saturated rings. The molecule has 0 radical (unpaired) electrons. The minimum atomic E-state index is 0.496. The molecule has 36 heavy (non-hydrogen) atoms. The Morgan fingerprint density at radius 2 is 1.61 bits per heavy atom. The standard InChI is InChI=1S/C27H32ClN5O3/c1-34-25-15-19(3-5-23(25)28)20-17-29-27(30-18-20)31-24-6-4-22(16-26(24)35-2)33-11-9-32(10-12-33)21-7-13-36-14-8-21/h3-6,15-18,21H,7-14H2,1-2H3,(H,29,30,31). The second-order valence-electron chi connectivity index (χ2n) is 9.02. The fourth-order valence-corrected chi connectivity index (χ4v) is 5.07. The molecule has 1 aromatic heterocycles. The lowest BCUT2D eigenvalue weighted by Crippen LogP contribution is -2.51. The van der Waals surface area contributed by atoms with Crippen molar-refractivity contribution in [2.24, 2.45) is 0 Å². The number of ether oxygens (including phenoxy) is 3. The van der Waals surface area contributed by atoms with E-state index < -0.39 is 0 Å². The Morgan fingerprint density at radius 1 is 0.889 bits per heavy atom. The number of aromatic nitrogens is 2. The van der Waals surface area contributed by atoms with E-state index in [0.717, 1.165) is 80.5 Å². The molecule has 5 rings (SSSR count). The number of nitrogens with one attached hydrogen (secondary N) is 1. The molecule has 0 aliphatic carbocycles. The minimum Gasteiger partial charge on any atom is -0.495 e. The lowest BCUT2D eigenvalue weighted by Gasteiger charge is -2.41. The normalized spacial score (nSPS) is 17.1. The molecule has 190 valence electrons. The van der Waals surface area contributed by atoms with Gasteiger partial charge in [-0.25, -0.2) is 9.97 Å². The first-order valence-corrected chi connectivity index (χ1v) is 12.7. The van der Waals surface area contributed by atoms with Crippen molar-refractivity contribution in [3.63, 3.8) is 0 Å². The second kappa shape index (κ2) is 11.3. The third-order valence-electron chi connectivity index (χ3n) is 6.95. The van der Waals surface area contributed by atoms with Gasteiger partial charge in [-0.3, -0.25) is 4.90 Å². The summed E-state index contributed by atoms with van der Waals surface area (Å²) in [7, 11) is 3.28. The highest BCUT2D eigenvalue weighted by atomic mass is 35.5. The van der Waals surface area contributed by atoms with Gasteiger partial charge in [0.05, 0.1) is 24.9 Å². The van der Waals surface area contributed by atoms with E-state index in [-0.39, 0.29) is 0 Å². The Labute approximate surface area is 217 Å². The highest BCUT2D eigenvalue weighted by Crippen LogP contribution is 2.33. The Bertz CT molecular complexity index is 1160. The Balaban J connectivity index is 1.24. The van der Waals surface area contributed by atoms with Gasteiger partial charge in [0.2, 0.25) is 5.95 Å². The van der Waals surface area contributed by atoms with Crippen LogP contribution in [0.2, 0.25) is 5.02 Å². The number of methoxy groups -OCH3 is 2. The molecular formula is C27H32ClN5O3. The zero-order valence-electron chi connectivity index (χ0n) is 20.7. The van der Waals surface area contributed by atoms with E-state index in [1.807, 2.05) is 18.2 Å². The smallest absolute Gasteiger partial charge is 0.227 e. The average Bonchev–Trinajstić information content (AvgIpc) is 2.94. The molecule has 0 amide bonds. The third-order valence-corrected chi connectivity index (χ3v) is 7.27. The molecule has 3 aromatic rings. The van der Waals surface area contributed by atoms with Crippen LogP contribution in [0.15, 0.2) is 48.8 Å². The number of hydrogen-bond donors (Lipinski definition) is 1. The summed E-state index contributed by atoms with van der Waals surface area (Å²) in [6, 6.07) is 12.5. The summed E-state index contributed by atoms with van der Waals surface area (Å²) in [6.45, 7) is 5.94. The fourth-order valence-electron chi connectivity index (χ4n) is 4.88. The molecule has 0 unspecified atom stereocenters. The van der Waals surface area contributed by atoms with Crippen LogP contribution >= 0.6 is 11.6 Å². The van der Waals surface area contributed by atoms with E-state index >= 15 is 0 Å². The van der Waals surface area contributed by atoms with Gasteiger partial charge < -0.3 is 24.4 Å². The van der Waals surface area contributed by atoms with E-state index in [1.165, 1.54) is 0 Å². The van der Waals surface area contributed by atoms with Crippen molar-refractivity contribution in [2.75, 3.05) is 63.8 Å². The average molecular weight is 510 g/mol. The molecule has 2 aliphatic rings. The molecule has 8 nitrogen and oxygen atoms in total. The summed E-state index contributed by atoms with van der Waals surface area (Å²) < 4.78 is 16.5. The van der Waals surface area contributed by atoms with Gasteiger partial charge in [-0.2, -0.15) is 0 Å². The summed E-state index contributed by atoms with van der Waals surface area (Å²) >= 11 is 6.14. The maximum absolute atomic E-state index is 6.14. The van der Waals surface area contributed by atoms with Crippen molar-refractivity contribution in [3.8, 4) is 22.6 Å². The molecule has 2 saturated heterocycles. The van der Waals surface area contributed by atoms with Crippen molar-refractivity contribution < 1.29 is 14.2 Å². The zero-order chi connectivity index (χ0) is 24.9. The van der Waals surface area contributed by atoms with Crippen LogP contribution in [0, 0.1) is 0 Å².